The Kier molecular flexibility index (Phi) is 5.58. The number of anilines is 1. The van der Waals surface area contributed by atoms with Gasteiger partial charge in [0, 0.05) is 22.2 Å². The molecule has 7 heteroatoms. The quantitative estimate of drug-likeness (QED) is 0.737. The number of nitrogens with one attached hydrogen (secondary N) is 1. The Balaban J connectivity index is 2.15. The summed E-state index contributed by atoms with van der Waals surface area (Å²) in [6, 6.07) is 7.06. The van der Waals surface area contributed by atoms with E-state index in [2.05, 4.69) is 5.32 Å². The van der Waals surface area contributed by atoms with E-state index in [4.69, 9.17) is 46.4 Å². The molecule has 0 aliphatic heterocycles. The van der Waals surface area contributed by atoms with E-state index in [1.165, 1.54) is 0 Å². The first-order valence-corrected chi connectivity index (χ1v) is 7.41. The van der Waals surface area contributed by atoms with Crippen molar-refractivity contribution in [1.82, 2.24) is 0 Å². The second-order valence-corrected chi connectivity index (χ2v) is 5.97. The molecule has 0 fully saturated rings. The first-order valence-electron chi connectivity index (χ1n) is 5.90. The predicted octanol–water partition coefficient (Wildman–Crippen LogP) is 5.58. The molecule has 0 bridgehead atoms. The van der Waals surface area contributed by atoms with Crippen LogP contribution in [0.4, 0.5) is 10.1 Å². The van der Waals surface area contributed by atoms with Gasteiger partial charge < -0.3 is 10.4 Å². The highest BCUT2D eigenvalue weighted by Gasteiger charge is 2.14. The SMILES string of the molecule is OC(CNc1c(Cl)cc(F)cc1Cl)c1cc(Cl)ccc1Cl. The van der Waals surface area contributed by atoms with E-state index in [1.807, 2.05) is 0 Å². The summed E-state index contributed by atoms with van der Waals surface area (Å²) in [7, 11) is 0. The van der Waals surface area contributed by atoms with E-state index >= 15 is 0 Å². The lowest BCUT2D eigenvalue weighted by atomic mass is 10.1. The standard InChI is InChI=1S/C14H10Cl4FNO/c15-7-1-2-10(16)9(3-7)13(21)6-20-14-11(17)4-8(19)5-12(14)18/h1-5,13,20-21H,6H2. The monoisotopic (exact) mass is 367 g/mol. The third-order valence-electron chi connectivity index (χ3n) is 2.80. The molecule has 112 valence electrons. The highest BCUT2D eigenvalue weighted by atomic mass is 35.5. The van der Waals surface area contributed by atoms with E-state index in [0.29, 0.717) is 21.3 Å². The van der Waals surface area contributed by atoms with Crippen molar-refractivity contribution in [2.45, 2.75) is 6.10 Å². The topological polar surface area (TPSA) is 32.3 Å². The van der Waals surface area contributed by atoms with Crippen molar-refractivity contribution in [3.05, 3.63) is 61.8 Å². The Morgan fingerprint density at radius 2 is 1.62 bits per heavy atom. The fraction of sp³-hybridized carbons (Fsp3) is 0.143. The third-order valence-corrected chi connectivity index (χ3v) is 3.97. The van der Waals surface area contributed by atoms with E-state index < -0.39 is 11.9 Å². The van der Waals surface area contributed by atoms with Crippen LogP contribution in [0.3, 0.4) is 0 Å². The molecule has 0 amide bonds. The summed E-state index contributed by atoms with van der Waals surface area (Å²) in [6.07, 6.45) is -0.923. The van der Waals surface area contributed by atoms with Crippen LogP contribution >= 0.6 is 46.4 Å². The Morgan fingerprint density at radius 1 is 1.00 bits per heavy atom. The second kappa shape index (κ2) is 7.03. The lowest BCUT2D eigenvalue weighted by Crippen LogP contribution is -2.13. The number of hydrogen-bond donors (Lipinski definition) is 2. The van der Waals surface area contributed by atoms with E-state index in [0.717, 1.165) is 12.1 Å². The van der Waals surface area contributed by atoms with Gasteiger partial charge in [0.1, 0.15) is 5.82 Å². The molecule has 2 N–H and O–H groups in total. The van der Waals surface area contributed by atoms with Crippen LogP contribution in [0.5, 0.6) is 0 Å². The number of halogens is 5. The van der Waals surface area contributed by atoms with E-state index in [9.17, 15) is 9.50 Å². The van der Waals surface area contributed by atoms with Crippen molar-refractivity contribution in [3.8, 4) is 0 Å². The number of benzene rings is 2. The molecule has 2 rings (SSSR count). The Labute approximate surface area is 141 Å². The summed E-state index contributed by atoms with van der Waals surface area (Å²) >= 11 is 23.7. The number of rotatable bonds is 4. The second-order valence-electron chi connectivity index (χ2n) is 4.31. The molecule has 21 heavy (non-hydrogen) atoms. The van der Waals surface area contributed by atoms with Crippen LogP contribution in [0.1, 0.15) is 11.7 Å². The van der Waals surface area contributed by atoms with Gasteiger partial charge in [0.2, 0.25) is 0 Å². The van der Waals surface area contributed by atoms with Gasteiger partial charge in [-0.05, 0) is 30.3 Å². The zero-order valence-electron chi connectivity index (χ0n) is 10.5. The van der Waals surface area contributed by atoms with Crippen molar-refractivity contribution >= 4 is 52.1 Å². The van der Waals surface area contributed by atoms with Crippen molar-refractivity contribution in [2.75, 3.05) is 11.9 Å². The predicted molar refractivity (Wildman–Crippen MR) is 86.3 cm³/mol. The van der Waals surface area contributed by atoms with Gasteiger partial charge in [-0.3, -0.25) is 0 Å². The highest BCUT2D eigenvalue weighted by Crippen LogP contribution is 2.32. The van der Waals surface area contributed by atoms with Crippen LogP contribution in [0.25, 0.3) is 0 Å². The number of aliphatic hydroxyl groups excluding tert-OH is 1. The van der Waals surface area contributed by atoms with Gasteiger partial charge in [-0.15, -0.1) is 0 Å². The molecule has 0 heterocycles. The third kappa shape index (κ3) is 4.15. The molecule has 2 aromatic carbocycles. The molecule has 0 radical (unpaired) electrons. The van der Waals surface area contributed by atoms with Crippen LogP contribution in [-0.2, 0) is 0 Å². The molecule has 0 aliphatic carbocycles. The first kappa shape index (κ1) is 16.7. The maximum absolute atomic E-state index is 13.1. The fourth-order valence-electron chi connectivity index (χ4n) is 1.79. The molecular formula is C14H10Cl4FNO. The summed E-state index contributed by atoms with van der Waals surface area (Å²) in [5, 5.41) is 14.1. The van der Waals surface area contributed by atoms with Gasteiger partial charge in [0.05, 0.1) is 21.8 Å². The molecule has 2 aromatic rings. The van der Waals surface area contributed by atoms with Crippen molar-refractivity contribution in [1.29, 1.82) is 0 Å². The summed E-state index contributed by atoms with van der Waals surface area (Å²) in [6.45, 7) is 0.0884. The van der Waals surface area contributed by atoms with Crippen LogP contribution in [0.15, 0.2) is 30.3 Å². The minimum atomic E-state index is -0.923. The van der Waals surface area contributed by atoms with E-state index in [1.54, 1.807) is 18.2 Å². The molecule has 1 unspecified atom stereocenters. The fourth-order valence-corrected chi connectivity index (χ4v) is 2.81. The van der Waals surface area contributed by atoms with Gasteiger partial charge in [0.15, 0.2) is 0 Å². The van der Waals surface area contributed by atoms with Gasteiger partial charge >= 0.3 is 0 Å². The van der Waals surface area contributed by atoms with Gasteiger partial charge in [-0.25, -0.2) is 4.39 Å². The zero-order chi connectivity index (χ0) is 15.6. The minimum absolute atomic E-state index is 0.0884. The molecule has 0 spiro atoms. The van der Waals surface area contributed by atoms with Gasteiger partial charge in [0.25, 0.3) is 0 Å². The van der Waals surface area contributed by atoms with Crippen molar-refractivity contribution < 1.29 is 9.50 Å². The average molecular weight is 369 g/mol. The first-order chi connectivity index (χ1) is 9.88. The normalized spacial score (nSPS) is 12.3. The van der Waals surface area contributed by atoms with Crippen LogP contribution in [0, 0.1) is 5.82 Å². The Hall–Kier alpha value is -0.710. The highest BCUT2D eigenvalue weighted by molar-refractivity contribution is 6.39. The summed E-state index contributed by atoms with van der Waals surface area (Å²) in [5.41, 5.74) is 0.822. The summed E-state index contributed by atoms with van der Waals surface area (Å²) in [4.78, 5) is 0. The van der Waals surface area contributed by atoms with Crippen LogP contribution < -0.4 is 5.32 Å². The lowest BCUT2D eigenvalue weighted by Gasteiger charge is -2.16. The lowest BCUT2D eigenvalue weighted by molar-refractivity contribution is 0.192. The van der Waals surface area contributed by atoms with Crippen molar-refractivity contribution in [3.63, 3.8) is 0 Å². The minimum Gasteiger partial charge on any atom is -0.387 e. The zero-order valence-corrected chi connectivity index (χ0v) is 13.5. The Bertz CT molecular complexity index is 642. The van der Waals surface area contributed by atoms with Crippen molar-refractivity contribution in [2.24, 2.45) is 0 Å². The smallest absolute Gasteiger partial charge is 0.126 e. The molecular weight excluding hydrogens is 359 g/mol. The van der Waals surface area contributed by atoms with E-state index in [-0.39, 0.29) is 16.6 Å². The van der Waals surface area contributed by atoms with Crippen LogP contribution in [-0.4, -0.2) is 11.7 Å². The summed E-state index contributed by atoms with van der Waals surface area (Å²) < 4.78 is 13.1. The largest absolute Gasteiger partial charge is 0.387 e. The van der Waals surface area contributed by atoms with Crippen LogP contribution in [0.2, 0.25) is 20.1 Å². The number of aliphatic hydroxyl groups is 1. The summed E-state index contributed by atoms with van der Waals surface area (Å²) in [5.74, 6) is -0.533. The maximum Gasteiger partial charge on any atom is 0.126 e. The maximum atomic E-state index is 13.1. The average Bonchev–Trinajstić information content (AvgIpc) is 2.40. The molecule has 0 aromatic heterocycles. The Morgan fingerprint density at radius 3 is 2.24 bits per heavy atom. The molecule has 0 saturated heterocycles. The molecule has 2 nitrogen and oxygen atoms in total. The van der Waals surface area contributed by atoms with Gasteiger partial charge in [-0.2, -0.15) is 0 Å². The molecule has 1 atom stereocenters. The number of hydrogen-bond acceptors (Lipinski definition) is 2. The van der Waals surface area contributed by atoms with Gasteiger partial charge in [-0.1, -0.05) is 46.4 Å². The molecule has 0 saturated carbocycles. The molecule has 0 aliphatic rings.